The third-order valence-electron chi connectivity index (χ3n) is 5.68. The molecule has 0 atom stereocenters. The number of fused-ring (bicyclic) bond motifs is 1. The molecule has 0 unspecified atom stereocenters. The van der Waals surface area contributed by atoms with E-state index >= 15 is 0 Å². The Balaban J connectivity index is 1.21. The Hall–Kier alpha value is -2.99. The Morgan fingerprint density at radius 3 is 2.50 bits per heavy atom. The fraction of sp³-hybridized carbons (Fsp3) is 0.292. The summed E-state index contributed by atoms with van der Waals surface area (Å²) >= 11 is 1.50. The van der Waals surface area contributed by atoms with Crippen LogP contribution in [-0.4, -0.2) is 28.2 Å². The lowest BCUT2D eigenvalue weighted by Gasteiger charge is -2.26. The lowest BCUT2D eigenvalue weighted by Crippen LogP contribution is -2.36. The van der Waals surface area contributed by atoms with Crippen molar-refractivity contribution >= 4 is 28.3 Å². The summed E-state index contributed by atoms with van der Waals surface area (Å²) in [6.07, 6.45) is 3.09. The predicted octanol–water partition coefficient (Wildman–Crippen LogP) is 4.29. The van der Waals surface area contributed by atoms with Crippen molar-refractivity contribution in [2.75, 3.05) is 11.9 Å². The van der Waals surface area contributed by atoms with Crippen molar-refractivity contribution < 1.29 is 9.59 Å². The number of aromatic nitrogens is 1. The van der Waals surface area contributed by atoms with E-state index in [0.717, 1.165) is 41.0 Å². The summed E-state index contributed by atoms with van der Waals surface area (Å²) in [5, 5.41) is 3.60. The number of nitrogens with zero attached hydrogens (tertiary/aromatic N) is 2. The number of hydrogen-bond donors (Lipinski definition) is 1. The minimum Gasteiger partial charge on any atom is -0.337 e. The number of carbonyl (C=O) groups excluding carboxylic acids is 2. The zero-order valence-corrected chi connectivity index (χ0v) is 17.5. The van der Waals surface area contributed by atoms with Crippen molar-refractivity contribution in [1.82, 2.24) is 9.88 Å². The van der Waals surface area contributed by atoms with E-state index in [4.69, 9.17) is 0 Å². The molecule has 1 fully saturated rings. The van der Waals surface area contributed by atoms with Gasteiger partial charge in [0.2, 0.25) is 11.8 Å². The van der Waals surface area contributed by atoms with Crippen molar-refractivity contribution in [2.24, 2.45) is 5.92 Å². The maximum absolute atomic E-state index is 12.9. The predicted molar refractivity (Wildman–Crippen MR) is 118 cm³/mol. The number of nitrogens with one attached hydrogen (secondary N) is 1. The van der Waals surface area contributed by atoms with Crippen LogP contribution in [0.2, 0.25) is 0 Å². The van der Waals surface area contributed by atoms with Crippen LogP contribution in [0.4, 0.5) is 5.13 Å². The largest absolute Gasteiger partial charge is 0.337 e. The fourth-order valence-electron chi connectivity index (χ4n) is 3.75. The summed E-state index contributed by atoms with van der Waals surface area (Å²) in [6, 6.07) is 18.5. The average molecular weight is 418 g/mol. The molecule has 2 heterocycles. The van der Waals surface area contributed by atoms with Gasteiger partial charge in [-0.15, -0.1) is 0 Å². The van der Waals surface area contributed by atoms with Gasteiger partial charge in [-0.1, -0.05) is 65.9 Å². The average Bonchev–Trinajstić information content (AvgIpc) is 3.55. The third-order valence-corrected chi connectivity index (χ3v) is 6.68. The Kier molecular flexibility index (Phi) is 5.09. The van der Waals surface area contributed by atoms with Gasteiger partial charge in [0, 0.05) is 23.8 Å². The minimum atomic E-state index is 0.0768. The molecular formula is C24H23N3O2S. The quantitative estimate of drug-likeness (QED) is 0.674. The molecule has 1 aliphatic heterocycles. The van der Waals surface area contributed by atoms with E-state index in [2.05, 4.69) is 34.6 Å². The zero-order chi connectivity index (χ0) is 20.5. The van der Waals surface area contributed by atoms with E-state index in [1.54, 1.807) is 0 Å². The van der Waals surface area contributed by atoms with Crippen LogP contribution in [0.3, 0.4) is 0 Å². The van der Waals surface area contributed by atoms with Crippen molar-refractivity contribution in [3.8, 4) is 11.1 Å². The molecule has 2 aromatic carbocycles. The highest BCUT2D eigenvalue weighted by molar-refractivity contribution is 7.15. The number of benzene rings is 2. The molecule has 3 aromatic rings. The molecule has 1 saturated carbocycles. The first kappa shape index (κ1) is 19.0. The topological polar surface area (TPSA) is 62.3 Å². The molecule has 0 spiro atoms. The van der Waals surface area contributed by atoms with Crippen molar-refractivity contribution in [3.63, 3.8) is 0 Å². The number of carbonyl (C=O) groups is 2. The minimum absolute atomic E-state index is 0.0768. The van der Waals surface area contributed by atoms with Crippen LogP contribution < -0.4 is 5.32 Å². The number of thiazole rings is 1. The smallest absolute Gasteiger partial charge is 0.229 e. The van der Waals surface area contributed by atoms with Crippen LogP contribution in [-0.2, 0) is 29.0 Å². The number of hydrogen-bond acceptors (Lipinski definition) is 4. The maximum atomic E-state index is 12.9. The second-order valence-electron chi connectivity index (χ2n) is 7.96. The lowest BCUT2D eigenvalue weighted by atomic mass is 10.0. The number of anilines is 1. The van der Waals surface area contributed by atoms with Crippen LogP contribution in [0.5, 0.6) is 0 Å². The molecule has 1 aliphatic carbocycles. The molecule has 5 rings (SSSR count). The van der Waals surface area contributed by atoms with E-state index in [1.807, 2.05) is 35.2 Å². The van der Waals surface area contributed by atoms with Crippen LogP contribution in [0, 0.1) is 5.92 Å². The molecule has 30 heavy (non-hydrogen) atoms. The normalized spacial score (nSPS) is 15.5. The summed E-state index contributed by atoms with van der Waals surface area (Å²) in [5.74, 6) is 0.371. The molecule has 0 bridgehead atoms. The summed E-state index contributed by atoms with van der Waals surface area (Å²) in [7, 11) is 0. The highest BCUT2D eigenvalue weighted by Gasteiger charge is 2.31. The van der Waals surface area contributed by atoms with E-state index in [-0.39, 0.29) is 17.7 Å². The van der Waals surface area contributed by atoms with E-state index in [9.17, 15) is 9.59 Å². The molecule has 1 aromatic heterocycles. The van der Waals surface area contributed by atoms with E-state index < -0.39 is 0 Å². The highest BCUT2D eigenvalue weighted by atomic mass is 32.1. The summed E-state index contributed by atoms with van der Waals surface area (Å²) in [6.45, 7) is 1.25. The number of rotatable bonds is 5. The molecular weight excluding hydrogens is 394 g/mol. The summed E-state index contributed by atoms with van der Waals surface area (Å²) in [5.41, 5.74) is 4.36. The summed E-state index contributed by atoms with van der Waals surface area (Å²) in [4.78, 5) is 32.4. The molecule has 0 saturated heterocycles. The van der Waals surface area contributed by atoms with Crippen molar-refractivity contribution in [2.45, 2.75) is 32.2 Å². The Morgan fingerprint density at radius 1 is 1.03 bits per heavy atom. The van der Waals surface area contributed by atoms with Crippen LogP contribution in [0.1, 0.15) is 29.0 Å². The first-order valence-electron chi connectivity index (χ1n) is 10.4. The Labute approximate surface area is 179 Å². The van der Waals surface area contributed by atoms with Crippen LogP contribution in [0.25, 0.3) is 11.1 Å². The zero-order valence-electron chi connectivity index (χ0n) is 16.6. The van der Waals surface area contributed by atoms with E-state index in [1.165, 1.54) is 16.9 Å². The lowest BCUT2D eigenvalue weighted by molar-refractivity contribution is -0.131. The Bertz CT molecular complexity index is 1070. The molecule has 6 heteroatoms. The van der Waals surface area contributed by atoms with Gasteiger partial charge in [-0.25, -0.2) is 4.98 Å². The second-order valence-corrected chi connectivity index (χ2v) is 9.04. The van der Waals surface area contributed by atoms with Crippen molar-refractivity contribution in [3.05, 3.63) is 70.7 Å². The SMILES string of the molecule is O=C(Nc1nc2c(s1)CN(C(=O)Cc1ccc(-c3ccccc3)cc1)CC2)C1CC1. The van der Waals surface area contributed by atoms with Crippen LogP contribution >= 0.6 is 11.3 Å². The molecule has 1 N–H and O–H groups in total. The van der Waals surface area contributed by atoms with Gasteiger partial charge >= 0.3 is 0 Å². The first-order valence-corrected chi connectivity index (χ1v) is 11.2. The fourth-order valence-corrected chi connectivity index (χ4v) is 4.77. The van der Waals surface area contributed by atoms with Gasteiger partial charge in [0.1, 0.15) is 0 Å². The van der Waals surface area contributed by atoms with Crippen LogP contribution in [0.15, 0.2) is 54.6 Å². The molecule has 2 aliphatic rings. The summed E-state index contributed by atoms with van der Waals surface area (Å²) < 4.78 is 0. The third kappa shape index (κ3) is 4.14. The molecule has 152 valence electrons. The van der Waals surface area contributed by atoms with Crippen molar-refractivity contribution in [1.29, 1.82) is 0 Å². The number of amides is 2. The second kappa shape index (κ2) is 8.03. The van der Waals surface area contributed by atoms with Gasteiger partial charge in [0.05, 0.1) is 18.7 Å². The maximum Gasteiger partial charge on any atom is 0.229 e. The molecule has 0 radical (unpaired) electrons. The standard InChI is InChI=1S/C24H23N3O2S/c28-22(14-16-6-8-18(9-7-16)17-4-2-1-3-5-17)27-13-12-20-21(15-27)30-24(25-20)26-23(29)19-10-11-19/h1-9,19H,10-15H2,(H,25,26,29). The molecule has 2 amide bonds. The molecule has 5 nitrogen and oxygen atoms in total. The Morgan fingerprint density at radius 2 is 1.77 bits per heavy atom. The highest BCUT2D eigenvalue weighted by Crippen LogP contribution is 2.33. The van der Waals surface area contributed by atoms with Gasteiger partial charge in [-0.05, 0) is 29.5 Å². The van der Waals surface area contributed by atoms with Gasteiger partial charge < -0.3 is 10.2 Å². The van der Waals surface area contributed by atoms with Gasteiger partial charge in [0.15, 0.2) is 5.13 Å². The monoisotopic (exact) mass is 417 g/mol. The first-order chi connectivity index (χ1) is 14.7. The van der Waals surface area contributed by atoms with E-state index in [0.29, 0.717) is 24.6 Å². The van der Waals surface area contributed by atoms with Gasteiger partial charge in [-0.2, -0.15) is 0 Å². The van der Waals surface area contributed by atoms with Gasteiger partial charge in [-0.3, -0.25) is 9.59 Å². The van der Waals surface area contributed by atoms with Gasteiger partial charge in [0.25, 0.3) is 0 Å².